The van der Waals surface area contributed by atoms with Crippen molar-refractivity contribution in [3.05, 3.63) is 42.7 Å². The molecule has 0 aromatic carbocycles. The Balaban J connectivity index is 1.82. The molecule has 2 N–H and O–H groups in total. The Bertz CT molecular complexity index is 538. The standard InChI is InChI=1S/C14H19N5O/c1-2-17-13-10-15-6-4-12(13)14(20)18-5-3-8-19-9-7-16-11-19/h4,6-7,9-11,17H,2-3,5,8H2,1H3,(H,18,20). The van der Waals surface area contributed by atoms with Crippen LogP contribution in [0.4, 0.5) is 5.69 Å². The van der Waals surface area contributed by atoms with Crippen molar-refractivity contribution in [1.29, 1.82) is 0 Å². The summed E-state index contributed by atoms with van der Waals surface area (Å²) in [6.45, 7) is 4.22. The highest BCUT2D eigenvalue weighted by atomic mass is 16.1. The highest BCUT2D eigenvalue weighted by Crippen LogP contribution is 2.12. The molecule has 0 saturated heterocycles. The van der Waals surface area contributed by atoms with Gasteiger partial charge in [0, 0.05) is 38.2 Å². The van der Waals surface area contributed by atoms with Crippen molar-refractivity contribution in [3.8, 4) is 0 Å². The maximum Gasteiger partial charge on any atom is 0.253 e. The van der Waals surface area contributed by atoms with E-state index in [-0.39, 0.29) is 5.91 Å². The number of nitrogens with one attached hydrogen (secondary N) is 2. The zero-order valence-electron chi connectivity index (χ0n) is 11.5. The number of pyridine rings is 1. The van der Waals surface area contributed by atoms with Gasteiger partial charge in [0.1, 0.15) is 0 Å². The summed E-state index contributed by atoms with van der Waals surface area (Å²) in [5.41, 5.74) is 1.39. The summed E-state index contributed by atoms with van der Waals surface area (Å²) >= 11 is 0. The van der Waals surface area contributed by atoms with Gasteiger partial charge in [-0.3, -0.25) is 9.78 Å². The molecule has 0 radical (unpaired) electrons. The molecule has 2 rings (SSSR count). The lowest BCUT2D eigenvalue weighted by Gasteiger charge is -2.10. The number of nitrogens with zero attached hydrogens (tertiary/aromatic N) is 3. The van der Waals surface area contributed by atoms with Gasteiger partial charge in [-0.15, -0.1) is 0 Å². The molecule has 0 aliphatic heterocycles. The van der Waals surface area contributed by atoms with Gasteiger partial charge in [0.25, 0.3) is 5.91 Å². The smallest absolute Gasteiger partial charge is 0.253 e. The predicted molar refractivity (Wildman–Crippen MR) is 77.6 cm³/mol. The molecule has 0 unspecified atom stereocenters. The molecular weight excluding hydrogens is 254 g/mol. The Kier molecular flexibility index (Phi) is 5.11. The molecule has 6 nitrogen and oxygen atoms in total. The second kappa shape index (κ2) is 7.28. The first-order valence-electron chi connectivity index (χ1n) is 6.73. The van der Waals surface area contributed by atoms with Gasteiger partial charge in [0.05, 0.1) is 23.8 Å². The fourth-order valence-electron chi connectivity index (χ4n) is 1.90. The molecule has 2 aromatic rings. The van der Waals surface area contributed by atoms with Gasteiger partial charge in [-0.25, -0.2) is 4.98 Å². The van der Waals surface area contributed by atoms with Gasteiger partial charge in [-0.05, 0) is 19.4 Å². The topological polar surface area (TPSA) is 71.8 Å². The monoisotopic (exact) mass is 273 g/mol. The van der Waals surface area contributed by atoms with E-state index in [9.17, 15) is 4.79 Å². The number of amides is 1. The van der Waals surface area contributed by atoms with E-state index in [0.29, 0.717) is 12.1 Å². The lowest BCUT2D eigenvalue weighted by atomic mass is 10.2. The summed E-state index contributed by atoms with van der Waals surface area (Å²) < 4.78 is 1.99. The first-order chi connectivity index (χ1) is 9.81. The molecule has 0 atom stereocenters. The third-order valence-corrected chi connectivity index (χ3v) is 2.87. The maximum atomic E-state index is 12.1. The molecule has 0 aliphatic carbocycles. The van der Waals surface area contributed by atoms with Gasteiger partial charge >= 0.3 is 0 Å². The molecule has 20 heavy (non-hydrogen) atoms. The van der Waals surface area contributed by atoms with Crippen molar-refractivity contribution in [3.63, 3.8) is 0 Å². The number of imidazole rings is 1. The van der Waals surface area contributed by atoms with Crippen LogP contribution < -0.4 is 10.6 Å². The van der Waals surface area contributed by atoms with Crippen molar-refractivity contribution in [2.24, 2.45) is 0 Å². The molecule has 2 aromatic heterocycles. The van der Waals surface area contributed by atoms with Crippen LogP contribution in [0.25, 0.3) is 0 Å². The van der Waals surface area contributed by atoms with E-state index in [1.807, 2.05) is 17.7 Å². The minimum absolute atomic E-state index is 0.0750. The van der Waals surface area contributed by atoms with Gasteiger partial charge in [0.2, 0.25) is 0 Å². The lowest BCUT2D eigenvalue weighted by Crippen LogP contribution is -2.26. The number of carbonyl (C=O) groups excluding carboxylic acids is 1. The summed E-state index contributed by atoms with van der Waals surface area (Å²) in [6, 6.07) is 1.73. The first kappa shape index (κ1) is 14.0. The van der Waals surface area contributed by atoms with E-state index in [1.165, 1.54) is 0 Å². The van der Waals surface area contributed by atoms with Crippen molar-refractivity contribution >= 4 is 11.6 Å². The molecule has 2 heterocycles. The number of carbonyl (C=O) groups is 1. The van der Waals surface area contributed by atoms with E-state index in [2.05, 4.69) is 20.6 Å². The average molecular weight is 273 g/mol. The number of aryl methyl sites for hydroxylation is 1. The Hall–Kier alpha value is -2.37. The summed E-state index contributed by atoms with van der Waals surface area (Å²) in [6.07, 6.45) is 9.59. The first-order valence-corrected chi connectivity index (χ1v) is 6.73. The van der Waals surface area contributed by atoms with Crippen LogP contribution in [-0.4, -0.2) is 33.5 Å². The van der Waals surface area contributed by atoms with Crippen molar-refractivity contribution in [1.82, 2.24) is 19.9 Å². The SMILES string of the molecule is CCNc1cnccc1C(=O)NCCCn1ccnc1. The zero-order chi connectivity index (χ0) is 14.2. The van der Waals surface area contributed by atoms with Crippen LogP contribution >= 0.6 is 0 Å². The summed E-state index contributed by atoms with van der Waals surface area (Å²) in [7, 11) is 0. The largest absolute Gasteiger partial charge is 0.383 e. The summed E-state index contributed by atoms with van der Waals surface area (Å²) in [5, 5.41) is 6.05. The van der Waals surface area contributed by atoms with Gasteiger partial charge in [-0.2, -0.15) is 0 Å². The molecule has 0 saturated carbocycles. The fourth-order valence-corrected chi connectivity index (χ4v) is 1.90. The summed E-state index contributed by atoms with van der Waals surface area (Å²) in [5.74, 6) is -0.0750. The zero-order valence-corrected chi connectivity index (χ0v) is 11.5. The molecule has 6 heteroatoms. The Morgan fingerprint density at radius 1 is 1.35 bits per heavy atom. The van der Waals surface area contributed by atoms with Crippen molar-refractivity contribution in [2.75, 3.05) is 18.4 Å². The number of anilines is 1. The molecule has 0 bridgehead atoms. The van der Waals surface area contributed by atoms with E-state index in [4.69, 9.17) is 0 Å². The van der Waals surface area contributed by atoms with E-state index < -0.39 is 0 Å². The van der Waals surface area contributed by atoms with Crippen LogP contribution in [-0.2, 0) is 6.54 Å². The van der Waals surface area contributed by atoms with Crippen LogP contribution in [0.2, 0.25) is 0 Å². The second-order valence-electron chi connectivity index (χ2n) is 4.36. The van der Waals surface area contributed by atoms with Crippen LogP contribution in [0.1, 0.15) is 23.7 Å². The lowest BCUT2D eigenvalue weighted by molar-refractivity contribution is 0.0953. The molecule has 0 aliphatic rings. The molecule has 0 fully saturated rings. The van der Waals surface area contributed by atoms with Gasteiger partial charge in [0.15, 0.2) is 0 Å². The third kappa shape index (κ3) is 3.81. The molecule has 106 valence electrons. The predicted octanol–water partition coefficient (Wildman–Crippen LogP) is 1.53. The Morgan fingerprint density at radius 3 is 3.00 bits per heavy atom. The van der Waals surface area contributed by atoms with Gasteiger partial charge < -0.3 is 15.2 Å². The summed E-state index contributed by atoms with van der Waals surface area (Å²) in [4.78, 5) is 20.1. The molecular formula is C14H19N5O. The minimum atomic E-state index is -0.0750. The number of hydrogen-bond donors (Lipinski definition) is 2. The second-order valence-corrected chi connectivity index (χ2v) is 4.36. The van der Waals surface area contributed by atoms with E-state index >= 15 is 0 Å². The van der Waals surface area contributed by atoms with Crippen LogP contribution in [0.15, 0.2) is 37.2 Å². The quantitative estimate of drug-likeness (QED) is 0.750. The fraction of sp³-hybridized carbons (Fsp3) is 0.357. The normalized spacial score (nSPS) is 10.2. The molecule has 1 amide bonds. The van der Waals surface area contributed by atoms with Crippen molar-refractivity contribution in [2.45, 2.75) is 19.9 Å². The van der Waals surface area contributed by atoms with Crippen LogP contribution in [0.3, 0.4) is 0 Å². The van der Waals surface area contributed by atoms with E-state index in [0.717, 1.165) is 25.2 Å². The maximum absolute atomic E-state index is 12.1. The number of aromatic nitrogens is 3. The van der Waals surface area contributed by atoms with Crippen molar-refractivity contribution < 1.29 is 4.79 Å². The minimum Gasteiger partial charge on any atom is -0.383 e. The van der Waals surface area contributed by atoms with Crippen LogP contribution in [0, 0.1) is 0 Å². The highest BCUT2D eigenvalue weighted by molar-refractivity contribution is 5.99. The highest BCUT2D eigenvalue weighted by Gasteiger charge is 2.09. The average Bonchev–Trinajstić information content (AvgIpc) is 2.97. The Morgan fingerprint density at radius 2 is 2.25 bits per heavy atom. The Labute approximate surface area is 118 Å². The van der Waals surface area contributed by atoms with E-state index in [1.54, 1.807) is 31.0 Å². The van der Waals surface area contributed by atoms with Gasteiger partial charge in [-0.1, -0.05) is 0 Å². The number of hydrogen-bond acceptors (Lipinski definition) is 4. The third-order valence-electron chi connectivity index (χ3n) is 2.87. The van der Waals surface area contributed by atoms with Crippen LogP contribution in [0.5, 0.6) is 0 Å². The molecule has 0 spiro atoms. The number of rotatable bonds is 7.